The lowest BCUT2D eigenvalue weighted by Crippen LogP contribution is -2.47. The molecule has 3 heterocycles. The van der Waals surface area contributed by atoms with E-state index in [0.29, 0.717) is 36.4 Å². The van der Waals surface area contributed by atoms with Crippen LogP contribution in [0.1, 0.15) is 12.0 Å². The highest BCUT2D eigenvalue weighted by atomic mass is 32.2. The number of urea groups is 1. The Kier molecular flexibility index (Phi) is 4.60. The van der Waals surface area contributed by atoms with Crippen LogP contribution in [0.2, 0.25) is 0 Å². The van der Waals surface area contributed by atoms with E-state index in [1.165, 1.54) is 11.8 Å². The molecule has 0 fully saturated rings. The normalized spacial score (nSPS) is 21.1. The Bertz CT molecular complexity index is 964. The molecule has 4 rings (SSSR count). The van der Waals surface area contributed by atoms with Gasteiger partial charge in [0.05, 0.1) is 18.4 Å². The average molecular weight is 396 g/mol. The van der Waals surface area contributed by atoms with Gasteiger partial charge in [0.2, 0.25) is 0 Å². The zero-order valence-electron chi connectivity index (χ0n) is 15.0. The van der Waals surface area contributed by atoms with Crippen LogP contribution in [0.15, 0.2) is 59.4 Å². The third-order valence-electron chi connectivity index (χ3n) is 4.79. The van der Waals surface area contributed by atoms with Gasteiger partial charge in [0, 0.05) is 41.0 Å². The lowest BCUT2D eigenvalue weighted by atomic mass is 10.0. The smallest absolute Gasteiger partial charge is 0.322 e. The number of carbonyl (C=O) groups excluding carboxylic acids is 2. The van der Waals surface area contributed by atoms with E-state index in [1.54, 1.807) is 41.6 Å². The van der Waals surface area contributed by atoms with Gasteiger partial charge in [-0.3, -0.25) is 9.78 Å². The van der Waals surface area contributed by atoms with Gasteiger partial charge in [-0.2, -0.15) is 0 Å². The molecule has 8 nitrogen and oxygen atoms in total. The number of para-hydroxylation sites is 1. The van der Waals surface area contributed by atoms with Crippen LogP contribution in [0.3, 0.4) is 0 Å². The minimum atomic E-state index is -1.16. The average Bonchev–Trinajstić information content (AvgIpc) is 3.09. The molecule has 0 spiro atoms. The van der Waals surface area contributed by atoms with Crippen molar-refractivity contribution >= 4 is 35.1 Å². The number of aromatic nitrogens is 1. The minimum absolute atomic E-state index is 0.212. The van der Waals surface area contributed by atoms with Crippen molar-refractivity contribution in [3.63, 3.8) is 0 Å². The van der Waals surface area contributed by atoms with Crippen LogP contribution in [-0.2, 0) is 9.67 Å². The SMILES string of the molecule is NC(=O)C1(c2ccccc2N)NC2=C(CN(C(=O)Nc3cccnc3)CC2)S1. The molecule has 0 radical (unpaired) electrons. The number of benzene rings is 1. The molecule has 2 aliphatic rings. The van der Waals surface area contributed by atoms with Gasteiger partial charge in [-0.25, -0.2) is 4.79 Å². The molecule has 6 N–H and O–H groups in total. The van der Waals surface area contributed by atoms with Crippen molar-refractivity contribution in [2.24, 2.45) is 5.73 Å². The Balaban J connectivity index is 1.53. The molecule has 0 saturated carbocycles. The van der Waals surface area contributed by atoms with E-state index >= 15 is 0 Å². The number of hydrogen-bond acceptors (Lipinski definition) is 6. The molecule has 0 bridgehead atoms. The number of pyridine rings is 1. The monoisotopic (exact) mass is 396 g/mol. The fourth-order valence-corrected chi connectivity index (χ4v) is 4.82. The van der Waals surface area contributed by atoms with Crippen LogP contribution >= 0.6 is 11.8 Å². The van der Waals surface area contributed by atoms with Gasteiger partial charge in [0.1, 0.15) is 0 Å². The summed E-state index contributed by atoms with van der Waals surface area (Å²) in [5.74, 6) is -0.517. The maximum absolute atomic E-state index is 12.6. The van der Waals surface area contributed by atoms with Crippen LogP contribution in [0.5, 0.6) is 0 Å². The molecule has 144 valence electrons. The van der Waals surface area contributed by atoms with Crippen molar-refractivity contribution in [1.29, 1.82) is 0 Å². The van der Waals surface area contributed by atoms with Crippen LogP contribution < -0.4 is 22.1 Å². The van der Waals surface area contributed by atoms with Crippen molar-refractivity contribution in [3.05, 3.63) is 65.0 Å². The molecule has 0 aliphatic carbocycles. The second kappa shape index (κ2) is 7.08. The number of nitrogens with one attached hydrogen (secondary N) is 2. The largest absolute Gasteiger partial charge is 0.398 e. The highest BCUT2D eigenvalue weighted by molar-refractivity contribution is 8.05. The van der Waals surface area contributed by atoms with Crippen molar-refractivity contribution in [1.82, 2.24) is 15.2 Å². The number of hydrogen-bond donors (Lipinski definition) is 4. The molecule has 1 aromatic carbocycles. The predicted molar refractivity (Wildman–Crippen MR) is 109 cm³/mol. The molecule has 1 aromatic heterocycles. The quantitative estimate of drug-likeness (QED) is 0.586. The van der Waals surface area contributed by atoms with Gasteiger partial charge >= 0.3 is 6.03 Å². The second-order valence-corrected chi connectivity index (χ2v) is 7.91. The maximum atomic E-state index is 12.6. The van der Waals surface area contributed by atoms with Gasteiger partial charge < -0.3 is 27.0 Å². The van der Waals surface area contributed by atoms with Gasteiger partial charge in [0.15, 0.2) is 4.87 Å². The number of carbonyl (C=O) groups is 2. The first-order valence-electron chi connectivity index (χ1n) is 8.79. The van der Waals surface area contributed by atoms with E-state index in [9.17, 15) is 9.59 Å². The number of nitrogens with two attached hydrogens (primary N) is 2. The second-order valence-electron chi connectivity index (χ2n) is 6.60. The molecule has 0 saturated heterocycles. The number of primary amides is 1. The summed E-state index contributed by atoms with van der Waals surface area (Å²) in [6, 6.07) is 10.5. The number of rotatable bonds is 3. The molecule has 3 amide bonds. The zero-order chi connectivity index (χ0) is 19.7. The Hall–Kier alpha value is -3.20. The number of nitrogens with zero attached hydrogens (tertiary/aromatic N) is 2. The molecule has 9 heteroatoms. The molecule has 1 atom stereocenters. The molecule has 1 unspecified atom stereocenters. The first-order valence-corrected chi connectivity index (χ1v) is 9.61. The summed E-state index contributed by atoms with van der Waals surface area (Å²) < 4.78 is 0. The summed E-state index contributed by atoms with van der Waals surface area (Å²) >= 11 is 1.32. The highest BCUT2D eigenvalue weighted by Gasteiger charge is 2.48. The number of anilines is 2. The number of thioether (sulfide) groups is 1. The van der Waals surface area contributed by atoms with E-state index in [-0.39, 0.29) is 6.03 Å². The first-order chi connectivity index (χ1) is 13.5. The fourth-order valence-electron chi connectivity index (χ4n) is 3.38. The lowest BCUT2D eigenvalue weighted by Gasteiger charge is -2.28. The summed E-state index contributed by atoms with van der Waals surface area (Å²) in [5.41, 5.74) is 14.6. The molecular formula is C19H20N6O2S. The van der Waals surface area contributed by atoms with Crippen molar-refractivity contribution in [3.8, 4) is 0 Å². The van der Waals surface area contributed by atoms with Crippen LogP contribution in [0, 0.1) is 0 Å². The summed E-state index contributed by atoms with van der Waals surface area (Å²) in [4.78, 5) is 30.5. The Morgan fingerprint density at radius 3 is 2.79 bits per heavy atom. The van der Waals surface area contributed by atoms with Gasteiger partial charge in [0.25, 0.3) is 5.91 Å². The minimum Gasteiger partial charge on any atom is -0.398 e. The Labute approximate surface area is 166 Å². The number of nitrogen functional groups attached to an aromatic ring is 1. The molecule has 2 aromatic rings. The van der Waals surface area contributed by atoms with Gasteiger partial charge in [-0.1, -0.05) is 30.0 Å². The highest BCUT2D eigenvalue weighted by Crippen LogP contribution is 2.49. The predicted octanol–water partition coefficient (Wildman–Crippen LogP) is 1.79. The summed E-state index contributed by atoms with van der Waals surface area (Å²) in [7, 11) is 0. The molecular weight excluding hydrogens is 376 g/mol. The van der Waals surface area contributed by atoms with Crippen molar-refractivity contribution in [2.75, 3.05) is 24.1 Å². The first kappa shape index (κ1) is 18.2. The van der Waals surface area contributed by atoms with Gasteiger partial charge in [-0.05, 0) is 18.2 Å². The van der Waals surface area contributed by atoms with Crippen LogP contribution in [0.4, 0.5) is 16.2 Å². The van der Waals surface area contributed by atoms with E-state index in [2.05, 4.69) is 15.6 Å². The van der Waals surface area contributed by atoms with E-state index in [1.807, 2.05) is 12.1 Å². The Morgan fingerprint density at radius 2 is 2.07 bits per heavy atom. The van der Waals surface area contributed by atoms with Crippen LogP contribution in [-0.4, -0.2) is 34.9 Å². The van der Waals surface area contributed by atoms with Crippen LogP contribution in [0.25, 0.3) is 0 Å². The summed E-state index contributed by atoms with van der Waals surface area (Å²) in [6.45, 7) is 0.915. The van der Waals surface area contributed by atoms with Gasteiger partial charge in [-0.15, -0.1) is 0 Å². The number of amides is 3. The van der Waals surface area contributed by atoms with E-state index in [4.69, 9.17) is 11.5 Å². The molecule has 28 heavy (non-hydrogen) atoms. The topological polar surface area (TPSA) is 126 Å². The maximum Gasteiger partial charge on any atom is 0.322 e. The summed E-state index contributed by atoms with van der Waals surface area (Å²) in [6.07, 6.45) is 3.84. The Morgan fingerprint density at radius 1 is 1.25 bits per heavy atom. The third kappa shape index (κ3) is 3.13. The zero-order valence-corrected chi connectivity index (χ0v) is 15.8. The fraction of sp³-hybridized carbons (Fsp3) is 0.211. The van der Waals surface area contributed by atoms with E-state index < -0.39 is 10.8 Å². The van der Waals surface area contributed by atoms with E-state index in [0.717, 1.165) is 10.6 Å². The lowest BCUT2D eigenvalue weighted by molar-refractivity contribution is -0.121. The standard InChI is InChI=1S/C19H20N6O2S/c20-14-6-2-1-5-13(14)19(17(21)26)24-15-7-9-25(11-16(15)28-19)18(27)23-12-4-3-8-22-10-12/h1-6,8,10,24H,7,9,11,20H2,(H2,21,26)(H,23,27). The van der Waals surface area contributed by atoms with Crippen molar-refractivity contribution in [2.45, 2.75) is 11.3 Å². The third-order valence-corrected chi connectivity index (χ3v) is 6.24. The summed E-state index contributed by atoms with van der Waals surface area (Å²) in [5, 5.41) is 6.13. The molecule has 2 aliphatic heterocycles. The van der Waals surface area contributed by atoms with Crippen molar-refractivity contribution < 1.29 is 9.59 Å².